The van der Waals surface area contributed by atoms with Crippen LogP contribution in [0.1, 0.15) is 21.5 Å². The molecule has 0 bridgehead atoms. The third kappa shape index (κ3) is 4.59. The standard InChI is InChI=1S/C24H20ClN3O3S/c1-13-10-14(2)21-19(11-13)27-23(31-21)15-4-7-17(8-5-15)26-24(32)28-22(29)16-6-9-20(30-3)18(25)12-16/h4-12H,1-3H3,(H2,26,28,29,32). The largest absolute Gasteiger partial charge is 0.495 e. The van der Waals surface area contributed by atoms with E-state index in [1.165, 1.54) is 13.2 Å². The number of carbonyl (C=O) groups is 1. The lowest BCUT2D eigenvalue weighted by molar-refractivity contribution is 0.0977. The molecule has 0 unspecified atom stereocenters. The van der Waals surface area contributed by atoms with Crippen LogP contribution in [0.5, 0.6) is 5.75 Å². The number of halogens is 1. The fourth-order valence-electron chi connectivity index (χ4n) is 3.34. The molecule has 0 aliphatic heterocycles. The summed E-state index contributed by atoms with van der Waals surface area (Å²) in [6.07, 6.45) is 0. The lowest BCUT2D eigenvalue weighted by Gasteiger charge is -2.10. The molecule has 3 aromatic carbocycles. The number of oxazole rings is 1. The van der Waals surface area contributed by atoms with Crippen LogP contribution in [0, 0.1) is 13.8 Å². The molecule has 0 fully saturated rings. The number of thiocarbonyl (C=S) groups is 1. The Labute approximate surface area is 195 Å². The van der Waals surface area contributed by atoms with Crippen molar-refractivity contribution in [2.75, 3.05) is 12.4 Å². The van der Waals surface area contributed by atoms with Gasteiger partial charge in [-0.2, -0.15) is 0 Å². The van der Waals surface area contributed by atoms with E-state index in [0.717, 1.165) is 33.5 Å². The summed E-state index contributed by atoms with van der Waals surface area (Å²) < 4.78 is 11.1. The topological polar surface area (TPSA) is 76.4 Å². The Morgan fingerprint density at radius 2 is 1.84 bits per heavy atom. The first kappa shape index (κ1) is 21.8. The molecule has 0 atom stereocenters. The lowest BCUT2D eigenvalue weighted by atomic mass is 10.1. The number of aromatic nitrogens is 1. The van der Waals surface area contributed by atoms with Gasteiger partial charge in [0.2, 0.25) is 5.89 Å². The highest BCUT2D eigenvalue weighted by molar-refractivity contribution is 7.80. The predicted molar refractivity (Wildman–Crippen MR) is 131 cm³/mol. The number of benzene rings is 3. The van der Waals surface area contributed by atoms with E-state index < -0.39 is 0 Å². The van der Waals surface area contributed by atoms with E-state index in [1.807, 2.05) is 44.2 Å². The molecular formula is C24H20ClN3O3S. The number of hydrogen-bond acceptors (Lipinski definition) is 5. The van der Waals surface area contributed by atoms with Crippen molar-refractivity contribution in [2.45, 2.75) is 13.8 Å². The van der Waals surface area contributed by atoms with Gasteiger partial charge in [0.25, 0.3) is 5.91 Å². The van der Waals surface area contributed by atoms with Gasteiger partial charge >= 0.3 is 0 Å². The van der Waals surface area contributed by atoms with Gasteiger partial charge < -0.3 is 14.5 Å². The van der Waals surface area contributed by atoms with E-state index in [2.05, 4.69) is 21.7 Å². The summed E-state index contributed by atoms with van der Waals surface area (Å²) in [5.74, 6) is 0.668. The molecule has 4 aromatic rings. The Morgan fingerprint density at radius 3 is 2.53 bits per heavy atom. The molecule has 32 heavy (non-hydrogen) atoms. The minimum atomic E-state index is -0.374. The van der Waals surface area contributed by atoms with Crippen molar-refractivity contribution < 1.29 is 13.9 Å². The van der Waals surface area contributed by atoms with Crippen LogP contribution in [-0.4, -0.2) is 23.1 Å². The highest BCUT2D eigenvalue weighted by Gasteiger charge is 2.13. The maximum Gasteiger partial charge on any atom is 0.257 e. The van der Waals surface area contributed by atoms with Crippen LogP contribution >= 0.6 is 23.8 Å². The molecule has 0 aliphatic rings. The van der Waals surface area contributed by atoms with E-state index in [9.17, 15) is 4.79 Å². The van der Waals surface area contributed by atoms with E-state index in [-0.39, 0.29) is 11.0 Å². The predicted octanol–water partition coefficient (Wildman–Crippen LogP) is 5.90. The fraction of sp³-hybridized carbons (Fsp3) is 0.125. The molecule has 1 amide bonds. The number of fused-ring (bicyclic) bond motifs is 1. The fourth-order valence-corrected chi connectivity index (χ4v) is 3.81. The van der Waals surface area contributed by atoms with Crippen molar-refractivity contribution in [3.8, 4) is 17.2 Å². The number of methoxy groups -OCH3 is 1. The lowest BCUT2D eigenvalue weighted by Crippen LogP contribution is -2.34. The monoisotopic (exact) mass is 465 g/mol. The van der Waals surface area contributed by atoms with E-state index in [0.29, 0.717) is 22.2 Å². The van der Waals surface area contributed by atoms with Gasteiger partial charge in [0.05, 0.1) is 12.1 Å². The van der Waals surface area contributed by atoms with Crippen LogP contribution in [0.25, 0.3) is 22.6 Å². The molecule has 162 valence electrons. The third-order valence-electron chi connectivity index (χ3n) is 4.85. The van der Waals surface area contributed by atoms with Gasteiger partial charge in [0.15, 0.2) is 10.7 Å². The first-order valence-corrected chi connectivity index (χ1v) is 10.6. The molecule has 1 aromatic heterocycles. The number of ether oxygens (including phenoxy) is 1. The smallest absolute Gasteiger partial charge is 0.257 e. The van der Waals surface area contributed by atoms with Gasteiger partial charge in [-0.3, -0.25) is 10.1 Å². The molecule has 0 saturated carbocycles. The van der Waals surface area contributed by atoms with Crippen molar-refractivity contribution in [3.63, 3.8) is 0 Å². The average Bonchev–Trinajstić information content (AvgIpc) is 3.18. The van der Waals surface area contributed by atoms with Crippen LogP contribution in [0.3, 0.4) is 0 Å². The van der Waals surface area contributed by atoms with E-state index >= 15 is 0 Å². The summed E-state index contributed by atoms with van der Waals surface area (Å²) in [4.78, 5) is 17.0. The summed E-state index contributed by atoms with van der Waals surface area (Å²) >= 11 is 11.3. The molecule has 2 N–H and O–H groups in total. The normalized spacial score (nSPS) is 10.8. The number of aryl methyl sites for hydroxylation is 2. The second-order valence-corrected chi connectivity index (χ2v) is 8.10. The molecule has 0 aliphatic carbocycles. The number of carbonyl (C=O) groups excluding carboxylic acids is 1. The van der Waals surface area contributed by atoms with Crippen molar-refractivity contribution in [1.82, 2.24) is 10.3 Å². The van der Waals surface area contributed by atoms with Crippen LogP contribution in [0.4, 0.5) is 5.69 Å². The zero-order chi connectivity index (χ0) is 22.8. The first-order valence-electron chi connectivity index (χ1n) is 9.78. The van der Waals surface area contributed by atoms with E-state index in [1.54, 1.807) is 12.1 Å². The maximum atomic E-state index is 12.4. The second kappa shape index (κ2) is 8.98. The zero-order valence-electron chi connectivity index (χ0n) is 17.7. The Kier molecular flexibility index (Phi) is 6.12. The number of hydrogen-bond donors (Lipinski definition) is 2. The van der Waals surface area contributed by atoms with Crippen LogP contribution in [0.2, 0.25) is 5.02 Å². The van der Waals surface area contributed by atoms with Gasteiger partial charge in [-0.05, 0) is 85.7 Å². The van der Waals surface area contributed by atoms with Crippen LogP contribution in [-0.2, 0) is 0 Å². The number of rotatable bonds is 4. The molecule has 0 spiro atoms. The number of anilines is 1. The first-order chi connectivity index (χ1) is 15.3. The quantitative estimate of drug-likeness (QED) is 0.365. The van der Waals surface area contributed by atoms with Crippen LogP contribution < -0.4 is 15.4 Å². The van der Waals surface area contributed by atoms with Gasteiger partial charge in [-0.25, -0.2) is 4.98 Å². The van der Waals surface area contributed by atoms with Gasteiger partial charge in [0, 0.05) is 16.8 Å². The summed E-state index contributed by atoms with van der Waals surface area (Å²) in [6, 6.07) is 16.3. The summed E-state index contributed by atoms with van der Waals surface area (Å²) in [5, 5.41) is 6.14. The Hall–Kier alpha value is -3.42. The maximum absolute atomic E-state index is 12.4. The molecule has 8 heteroatoms. The third-order valence-corrected chi connectivity index (χ3v) is 5.35. The number of nitrogens with one attached hydrogen (secondary N) is 2. The van der Waals surface area contributed by atoms with Gasteiger partial charge in [-0.1, -0.05) is 17.7 Å². The number of nitrogens with zero attached hydrogens (tertiary/aromatic N) is 1. The van der Waals surface area contributed by atoms with E-state index in [4.69, 9.17) is 33.0 Å². The van der Waals surface area contributed by atoms with Crippen molar-refractivity contribution in [1.29, 1.82) is 0 Å². The van der Waals surface area contributed by atoms with Crippen LogP contribution in [0.15, 0.2) is 59.0 Å². The second-order valence-electron chi connectivity index (χ2n) is 7.28. The molecule has 0 radical (unpaired) electrons. The SMILES string of the molecule is COc1ccc(C(=O)NC(=S)Nc2ccc(-c3nc4cc(C)cc(C)c4o3)cc2)cc1Cl. The highest BCUT2D eigenvalue weighted by Crippen LogP contribution is 2.28. The molecule has 0 saturated heterocycles. The molecule has 1 heterocycles. The average molecular weight is 466 g/mol. The highest BCUT2D eigenvalue weighted by atomic mass is 35.5. The molecule has 6 nitrogen and oxygen atoms in total. The summed E-state index contributed by atoms with van der Waals surface area (Å²) in [5.41, 5.74) is 5.74. The Bertz CT molecular complexity index is 1330. The zero-order valence-corrected chi connectivity index (χ0v) is 19.2. The summed E-state index contributed by atoms with van der Waals surface area (Å²) in [7, 11) is 1.51. The Balaban J connectivity index is 1.43. The molecule has 4 rings (SSSR count). The Morgan fingerprint density at radius 1 is 1.09 bits per heavy atom. The minimum Gasteiger partial charge on any atom is -0.495 e. The van der Waals surface area contributed by atoms with Crippen molar-refractivity contribution in [3.05, 3.63) is 76.3 Å². The van der Waals surface area contributed by atoms with Gasteiger partial charge in [0.1, 0.15) is 11.3 Å². The van der Waals surface area contributed by atoms with Crippen molar-refractivity contribution in [2.24, 2.45) is 0 Å². The minimum absolute atomic E-state index is 0.169. The number of amides is 1. The van der Waals surface area contributed by atoms with Gasteiger partial charge in [-0.15, -0.1) is 0 Å². The van der Waals surface area contributed by atoms with Crippen molar-refractivity contribution >= 4 is 51.6 Å². The summed E-state index contributed by atoms with van der Waals surface area (Å²) in [6.45, 7) is 4.04. The molecular weight excluding hydrogens is 446 g/mol.